The van der Waals surface area contributed by atoms with Gasteiger partial charge in [-0.25, -0.2) is 0 Å². The Balaban J connectivity index is 1.58. The molecule has 0 fully saturated rings. The highest BCUT2D eigenvalue weighted by Crippen LogP contribution is 2.25. The van der Waals surface area contributed by atoms with Crippen molar-refractivity contribution in [3.63, 3.8) is 0 Å². The van der Waals surface area contributed by atoms with Gasteiger partial charge in [0.05, 0.1) is 11.5 Å². The van der Waals surface area contributed by atoms with Crippen LogP contribution in [-0.4, -0.2) is 26.4 Å². The van der Waals surface area contributed by atoms with E-state index in [1.165, 1.54) is 27.8 Å². The van der Waals surface area contributed by atoms with Crippen LogP contribution in [0.2, 0.25) is 0 Å². The van der Waals surface area contributed by atoms with Crippen LogP contribution in [0.15, 0.2) is 52.5 Å². The number of thioether (sulfide) groups is 2. The van der Waals surface area contributed by atoms with E-state index in [0.717, 1.165) is 34.5 Å². The van der Waals surface area contributed by atoms with Crippen LogP contribution < -0.4 is 5.32 Å². The molecule has 0 aliphatic rings. The molecule has 0 atom stereocenters. The van der Waals surface area contributed by atoms with Crippen molar-refractivity contribution in [1.29, 1.82) is 0 Å². The van der Waals surface area contributed by atoms with Crippen molar-refractivity contribution in [3.05, 3.63) is 65.0 Å². The van der Waals surface area contributed by atoms with Crippen molar-refractivity contribution in [3.8, 4) is 0 Å². The summed E-state index contributed by atoms with van der Waals surface area (Å²) in [5, 5.41) is 12.4. The third-order valence-corrected chi connectivity index (χ3v) is 6.46. The number of aryl methyl sites for hydroxylation is 3. The van der Waals surface area contributed by atoms with Crippen LogP contribution in [0.25, 0.3) is 0 Å². The Morgan fingerprint density at radius 1 is 1.00 bits per heavy atom. The van der Waals surface area contributed by atoms with E-state index >= 15 is 0 Å². The molecule has 0 radical (unpaired) electrons. The highest BCUT2D eigenvalue weighted by Gasteiger charge is 2.14. The second kappa shape index (κ2) is 9.98. The summed E-state index contributed by atoms with van der Waals surface area (Å²) in [5.74, 6) is 1.94. The Kier molecular flexibility index (Phi) is 7.39. The standard InChI is InChI=1S/C22H26N4OS2/c1-5-26-20(13-28-18-9-6-15(2)7-10-18)24-25-22(26)29-14-21(27)23-19-11-8-16(3)12-17(19)4/h6-12H,5,13-14H2,1-4H3,(H,23,27). The Morgan fingerprint density at radius 2 is 1.72 bits per heavy atom. The average Bonchev–Trinajstić information content (AvgIpc) is 3.10. The van der Waals surface area contributed by atoms with Crippen LogP contribution in [0.5, 0.6) is 0 Å². The molecule has 1 amide bonds. The molecule has 7 heteroatoms. The maximum Gasteiger partial charge on any atom is 0.234 e. The van der Waals surface area contributed by atoms with E-state index in [4.69, 9.17) is 0 Å². The molecule has 1 heterocycles. The first-order chi connectivity index (χ1) is 14.0. The summed E-state index contributed by atoms with van der Waals surface area (Å²) < 4.78 is 2.08. The highest BCUT2D eigenvalue weighted by atomic mass is 32.2. The maximum atomic E-state index is 12.4. The monoisotopic (exact) mass is 426 g/mol. The van der Waals surface area contributed by atoms with Crippen LogP contribution in [-0.2, 0) is 17.1 Å². The van der Waals surface area contributed by atoms with Crippen molar-refractivity contribution in [1.82, 2.24) is 14.8 Å². The molecule has 3 aromatic rings. The van der Waals surface area contributed by atoms with Gasteiger partial charge in [-0.1, -0.05) is 47.2 Å². The van der Waals surface area contributed by atoms with Crippen molar-refractivity contribution in [2.24, 2.45) is 0 Å². The molecule has 0 saturated heterocycles. The van der Waals surface area contributed by atoms with Crippen molar-refractivity contribution in [2.45, 2.75) is 50.0 Å². The van der Waals surface area contributed by atoms with Crippen molar-refractivity contribution < 1.29 is 4.79 Å². The minimum absolute atomic E-state index is 0.0387. The lowest BCUT2D eigenvalue weighted by Gasteiger charge is -2.10. The van der Waals surface area contributed by atoms with E-state index in [1.807, 2.05) is 26.0 Å². The number of amides is 1. The van der Waals surface area contributed by atoms with E-state index in [2.05, 4.69) is 64.3 Å². The van der Waals surface area contributed by atoms with Crippen molar-refractivity contribution in [2.75, 3.05) is 11.1 Å². The molecule has 0 unspecified atom stereocenters. The summed E-state index contributed by atoms with van der Waals surface area (Å²) in [6.45, 7) is 8.98. The fraction of sp³-hybridized carbons (Fsp3) is 0.318. The third kappa shape index (κ3) is 5.87. The number of rotatable bonds is 8. The van der Waals surface area contributed by atoms with E-state index in [0.29, 0.717) is 5.75 Å². The van der Waals surface area contributed by atoms with Gasteiger partial charge in [-0.2, -0.15) is 0 Å². The van der Waals surface area contributed by atoms with Crippen molar-refractivity contribution >= 4 is 35.1 Å². The topological polar surface area (TPSA) is 59.8 Å². The van der Waals surface area contributed by atoms with Gasteiger partial charge >= 0.3 is 0 Å². The summed E-state index contributed by atoms with van der Waals surface area (Å²) in [7, 11) is 0. The second-order valence-electron chi connectivity index (χ2n) is 6.90. The Labute approximate surface area is 180 Å². The van der Waals surface area contributed by atoms with Crippen LogP contribution >= 0.6 is 23.5 Å². The van der Waals surface area contributed by atoms with Crippen LogP contribution in [0.3, 0.4) is 0 Å². The Bertz CT molecular complexity index is 983. The summed E-state index contributed by atoms with van der Waals surface area (Å²) in [6, 6.07) is 14.5. The fourth-order valence-corrected chi connectivity index (χ4v) is 4.56. The lowest BCUT2D eigenvalue weighted by molar-refractivity contribution is -0.113. The Hall–Kier alpha value is -2.25. The average molecular weight is 427 g/mol. The Morgan fingerprint density at radius 3 is 2.41 bits per heavy atom. The largest absolute Gasteiger partial charge is 0.325 e. The molecular weight excluding hydrogens is 400 g/mol. The molecule has 0 bridgehead atoms. The number of benzene rings is 2. The quantitative estimate of drug-likeness (QED) is 0.499. The molecule has 0 spiro atoms. The predicted molar refractivity (Wildman–Crippen MR) is 122 cm³/mol. The zero-order chi connectivity index (χ0) is 20.8. The van der Waals surface area contributed by atoms with E-state index in [9.17, 15) is 4.79 Å². The smallest absolute Gasteiger partial charge is 0.234 e. The normalized spacial score (nSPS) is 10.9. The number of carbonyl (C=O) groups excluding carboxylic acids is 1. The number of anilines is 1. The van der Waals surface area contributed by atoms with E-state index in [-0.39, 0.29) is 5.91 Å². The first-order valence-electron chi connectivity index (χ1n) is 9.57. The summed E-state index contributed by atoms with van der Waals surface area (Å²) in [5.41, 5.74) is 4.36. The molecule has 1 N–H and O–H groups in total. The molecule has 152 valence electrons. The first kappa shape index (κ1) is 21.5. The fourth-order valence-electron chi connectivity index (χ4n) is 2.90. The van der Waals surface area contributed by atoms with Crippen LogP contribution in [0.1, 0.15) is 29.4 Å². The lowest BCUT2D eigenvalue weighted by Crippen LogP contribution is -2.15. The van der Waals surface area contributed by atoms with Gasteiger partial charge in [0.15, 0.2) is 5.16 Å². The highest BCUT2D eigenvalue weighted by molar-refractivity contribution is 7.99. The van der Waals surface area contributed by atoms with Gasteiger partial charge in [0.2, 0.25) is 5.91 Å². The van der Waals surface area contributed by atoms with Gasteiger partial charge in [0, 0.05) is 17.1 Å². The molecule has 29 heavy (non-hydrogen) atoms. The van der Waals surface area contributed by atoms with Gasteiger partial charge in [0.25, 0.3) is 0 Å². The second-order valence-corrected chi connectivity index (χ2v) is 8.89. The molecular formula is C22H26N4OS2. The van der Waals surface area contributed by atoms with E-state index in [1.54, 1.807) is 11.8 Å². The zero-order valence-corrected chi connectivity index (χ0v) is 18.9. The first-order valence-corrected chi connectivity index (χ1v) is 11.5. The maximum absolute atomic E-state index is 12.4. The van der Waals surface area contributed by atoms with Gasteiger partial charge in [0.1, 0.15) is 5.82 Å². The summed E-state index contributed by atoms with van der Waals surface area (Å²) >= 11 is 3.16. The number of nitrogens with one attached hydrogen (secondary N) is 1. The number of carbonyl (C=O) groups is 1. The molecule has 1 aromatic heterocycles. The number of hydrogen-bond acceptors (Lipinski definition) is 5. The minimum atomic E-state index is -0.0387. The van der Waals surface area contributed by atoms with Crippen LogP contribution in [0.4, 0.5) is 5.69 Å². The third-order valence-electron chi connectivity index (χ3n) is 4.49. The van der Waals surface area contributed by atoms with Crippen LogP contribution in [0, 0.1) is 20.8 Å². The molecule has 0 saturated carbocycles. The zero-order valence-electron chi connectivity index (χ0n) is 17.2. The molecule has 2 aromatic carbocycles. The van der Waals surface area contributed by atoms with Gasteiger partial charge in [-0.3, -0.25) is 4.79 Å². The summed E-state index contributed by atoms with van der Waals surface area (Å²) in [4.78, 5) is 13.6. The molecule has 0 aliphatic carbocycles. The van der Waals surface area contributed by atoms with E-state index < -0.39 is 0 Å². The number of nitrogens with zero attached hydrogens (tertiary/aromatic N) is 3. The lowest BCUT2D eigenvalue weighted by atomic mass is 10.1. The minimum Gasteiger partial charge on any atom is -0.325 e. The number of aromatic nitrogens is 3. The number of hydrogen-bond donors (Lipinski definition) is 1. The van der Waals surface area contributed by atoms with Gasteiger partial charge < -0.3 is 9.88 Å². The van der Waals surface area contributed by atoms with Gasteiger partial charge in [-0.15, -0.1) is 22.0 Å². The molecule has 0 aliphatic heterocycles. The molecule has 5 nitrogen and oxygen atoms in total. The SMILES string of the molecule is CCn1c(CSc2ccc(C)cc2)nnc1SCC(=O)Nc1ccc(C)cc1C. The molecule has 3 rings (SSSR count). The van der Waals surface area contributed by atoms with Gasteiger partial charge in [-0.05, 0) is 51.5 Å². The summed E-state index contributed by atoms with van der Waals surface area (Å²) in [6.07, 6.45) is 0. The predicted octanol–water partition coefficient (Wildman–Crippen LogP) is 5.25.